The number of carbonyl (C=O) groups excluding carboxylic acids is 1. The van der Waals surface area contributed by atoms with Crippen LogP contribution in [0.15, 0.2) is 36.4 Å². The van der Waals surface area contributed by atoms with Crippen molar-refractivity contribution < 1.29 is 14.3 Å². The zero-order valence-electron chi connectivity index (χ0n) is 16.0. The molecule has 0 saturated carbocycles. The van der Waals surface area contributed by atoms with E-state index in [9.17, 15) is 4.79 Å². The van der Waals surface area contributed by atoms with Gasteiger partial charge in [-0.25, -0.2) is 0 Å². The molecule has 0 unspecified atom stereocenters. The zero-order valence-corrected chi connectivity index (χ0v) is 16.0. The van der Waals surface area contributed by atoms with E-state index in [1.165, 1.54) is 10.9 Å². The monoisotopic (exact) mass is 364 g/mol. The summed E-state index contributed by atoms with van der Waals surface area (Å²) in [5.74, 6) is 1.52. The molecule has 0 radical (unpaired) electrons. The topological polar surface area (TPSA) is 54.6 Å². The lowest BCUT2D eigenvalue weighted by Gasteiger charge is -2.27. The molecule has 140 valence electrons. The predicted molar refractivity (Wildman–Crippen MR) is 106 cm³/mol. The van der Waals surface area contributed by atoms with Crippen LogP contribution in [-0.2, 0) is 12.8 Å². The van der Waals surface area contributed by atoms with Crippen LogP contribution in [0.5, 0.6) is 11.5 Å². The number of carbonyl (C=O) groups is 1. The zero-order chi connectivity index (χ0) is 19.0. The minimum absolute atomic E-state index is 0.0901. The molecule has 2 heterocycles. The van der Waals surface area contributed by atoms with E-state index in [0.717, 1.165) is 41.7 Å². The largest absolute Gasteiger partial charge is 0.493 e. The summed E-state index contributed by atoms with van der Waals surface area (Å²) in [4.78, 5) is 18.3. The number of H-pyrrole nitrogens is 1. The number of para-hydroxylation sites is 1. The van der Waals surface area contributed by atoms with Crippen LogP contribution in [0.2, 0.25) is 0 Å². The number of benzene rings is 2. The number of nitrogens with zero attached hydrogens (tertiary/aromatic N) is 1. The Bertz CT molecular complexity index is 1010. The van der Waals surface area contributed by atoms with E-state index in [4.69, 9.17) is 9.47 Å². The second-order valence-electron chi connectivity index (χ2n) is 6.96. The Hall–Kier alpha value is -2.95. The summed E-state index contributed by atoms with van der Waals surface area (Å²) in [6, 6.07) is 12.1. The maximum absolute atomic E-state index is 13.0. The number of rotatable bonds is 5. The van der Waals surface area contributed by atoms with Crippen molar-refractivity contribution in [3.8, 4) is 11.5 Å². The van der Waals surface area contributed by atoms with Gasteiger partial charge in [0.2, 0.25) is 0 Å². The Morgan fingerprint density at radius 2 is 1.93 bits per heavy atom. The summed E-state index contributed by atoms with van der Waals surface area (Å²) >= 11 is 0. The molecule has 0 bridgehead atoms. The molecule has 1 N–H and O–H groups in total. The summed E-state index contributed by atoms with van der Waals surface area (Å²) < 4.78 is 10.7. The minimum atomic E-state index is 0.0901. The average Bonchev–Trinajstić information content (AvgIpc) is 3.08. The molecular formula is C22H24N2O3. The van der Waals surface area contributed by atoms with Crippen LogP contribution in [-0.4, -0.2) is 43.1 Å². The van der Waals surface area contributed by atoms with E-state index in [2.05, 4.69) is 30.1 Å². The van der Waals surface area contributed by atoms with Crippen molar-refractivity contribution in [1.82, 2.24) is 9.88 Å². The predicted octanol–water partition coefficient (Wildman–Crippen LogP) is 3.73. The van der Waals surface area contributed by atoms with Crippen LogP contribution in [0.3, 0.4) is 0 Å². The lowest BCUT2D eigenvalue weighted by molar-refractivity contribution is 0.0737. The summed E-state index contributed by atoms with van der Waals surface area (Å²) in [5, 5.41) is 1.18. The highest BCUT2D eigenvalue weighted by Gasteiger charge is 2.27. The van der Waals surface area contributed by atoms with Crippen LogP contribution < -0.4 is 9.47 Å². The van der Waals surface area contributed by atoms with Gasteiger partial charge in [0.25, 0.3) is 5.91 Å². The normalized spacial score (nSPS) is 13.7. The van der Waals surface area contributed by atoms with Crippen molar-refractivity contribution in [3.05, 3.63) is 58.8 Å². The lowest BCUT2D eigenvalue weighted by Crippen LogP contribution is -2.38. The summed E-state index contributed by atoms with van der Waals surface area (Å²) in [5.41, 5.74) is 5.28. The molecule has 5 heteroatoms. The third-order valence-corrected chi connectivity index (χ3v) is 5.40. The maximum atomic E-state index is 13.0. The Kier molecular flexibility index (Phi) is 4.52. The van der Waals surface area contributed by atoms with Gasteiger partial charge < -0.3 is 19.4 Å². The summed E-state index contributed by atoms with van der Waals surface area (Å²) in [6.45, 7) is 3.51. The van der Waals surface area contributed by atoms with Gasteiger partial charge in [0.05, 0.1) is 14.2 Å². The van der Waals surface area contributed by atoms with Crippen LogP contribution >= 0.6 is 0 Å². The molecule has 1 aliphatic rings. The van der Waals surface area contributed by atoms with Gasteiger partial charge in [0, 0.05) is 24.0 Å². The molecule has 0 spiro atoms. The third kappa shape index (κ3) is 3.03. The standard InChI is InChI=1S/C22H24N2O3/c1-14-5-4-6-16-17-10-12-24(22(25)21(17)23-20(14)16)11-9-15-7-8-18(26-2)19(13-15)27-3/h4-8,13,23H,9-12H2,1-3H3. The minimum Gasteiger partial charge on any atom is -0.493 e. The van der Waals surface area contributed by atoms with E-state index in [1.807, 2.05) is 23.1 Å². The molecule has 0 aliphatic carbocycles. The number of fused-ring (bicyclic) bond motifs is 3. The van der Waals surface area contributed by atoms with Crippen LogP contribution in [0.25, 0.3) is 10.9 Å². The van der Waals surface area contributed by atoms with E-state index in [1.54, 1.807) is 14.2 Å². The van der Waals surface area contributed by atoms with E-state index < -0.39 is 0 Å². The van der Waals surface area contributed by atoms with Crippen LogP contribution in [0.1, 0.15) is 27.2 Å². The molecule has 1 aliphatic heterocycles. The molecule has 1 aromatic heterocycles. The van der Waals surface area contributed by atoms with Gasteiger partial charge >= 0.3 is 0 Å². The number of nitrogens with one attached hydrogen (secondary N) is 1. The average molecular weight is 364 g/mol. The van der Waals surface area contributed by atoms with Crippen LogP contribution in [0.4, 0.5) is 0 Å². The number of hydrogen-bond donors (Lipinski definition) is 1. The van der Waals surface area contributed by atoms with E-state index >= 15 is 0 Å². The van der Waals surface area contributed by atoms with Crippen molar-refractivity contribution in [2.45, 2.75) is 19.8 Å². The van der Waals surface area contributed by atoms with Gasteiger partial charge in [0.15, 0.2) is 11.5 Å². The van der Waals surface area contributed by atoms with Crippen molar-refractivity contribution in [2.24, 2.45) is 0 Å². The highest BCUT2D eigenvalue weighted by Crippen LogP contribution is 2.30. The van der Waals surface area contributed by atoms with E-state index in [-0.39, 0.29) is 5.91 Å². The highest BCUT2D eigenvalue weighted by atomic mass is 16.5. The Morgan fingerprint density at radius 3 is 2.70 bits per heavy atom. The number of aryl methyl sites for hydroxylation is 1. The number of aromatic nitrogens is 1. The van der Waals surface area contributed by atoms with Gasteiger partial charge in [0.1, 0.15) is 5.69 Å². The second kappa shape index (κ2) is 6.99. The molecule has 5 nitrogen and oxygen atoms in total. The molecule has 0 atom stereocenters. The number of hydrogen-bond acceptors (Lipinski definition) is 3. The maximum Gasteiger partial charge on any atom is 0.270 e. The van der Waals surface area contributed by atoms with Crippen molar-refractivity contribution in [1.29, 1.82) is 0 Å². The van der Waals surface area contributed by atoms with Crippen molar-refractivity contribution in [2.75, 3.05) is 27.3 Å². The number of ether oxygens (including phenoxy) is 2. The number of amides is 1. The summed E-state index contributed by atoms with van der Waals surface area (Å²) in [7, 11) is 3.26. The molecule has 3 aromatic rings. The lowest BCUT2D eigenvalue weighted by atomic mass is 10.0. The van der Waals surface area contributed by atoms with Gasteiger partial charge in [-0.15, -0.1) is 0 Å². The van der Waals surface area contributed by atoms with Crippen molar-refractivity contribution >= 4 is 16.8 Å². The fourth-order valence-corrected chi connectivity index (χ4v) is 3.88. The highest BCUT2D eigenvalue weighted by molar-refractivity contribution is 6.02. The second-order valence-corrected chi connectivity index (χ2v) is 6.96. The molecule has 2 aromatic carbocycles. The molecule has 0 saturated heterocycles. The number of aromatic amines is 1. The van der Waals surface area contributed by atoms with Crippen LogP contribution in [0, 0.1) is 6.92 Å². The smallest absolute Gasteiger partial charge is 0.270 e. The molecular weight excluding hydrogens is 340 g/mol. The first kappa shape index (κ1) is 17.5. The Morgan fingerprint density at radius 1 is 1.11 bits per heavy atom. The molecule has 1 amide bonds. The van der Waals surface area contributed by atoms with Gasteiger partial charge in [-0.3, -0.25) is 4.79 Å². The van der Waals surface area contributed by atoms with Gasteiger partial charge in [-0.1, -0.05) is 24.3 Å². The van der Waals surface area contributed by atoms with Crippen molar-refractivity contribution in [3.63, 3.8) is 0 Å². The quantitative estimate of drug-likeness (QED) is 0.750. The first-order valence-electron chi connectivity index (χ1n) is 9.22. The molecule has 0 fully saturated rings. The first-order valence-corrected chi connectivity index (χ1v) is 9.22. The summed E-state index contributed by atoms with van der Waals surface area (Å²) in [6.07, 6.45) is 1.66. The first-order chi connectivity index (χ1) is 13.1. The Balaban J connectivity index is 1.53. The SMILES string of the molecule is COc1ccc(CCN2CCc3c([nH]c4c(C)cccc34)C2=O)cc1OC. The third-order valence-electron chi connectivity index (χ3n) is 5.40. The van der Waals surface area contributed by atoms with Gasteiger partial charge in [-0.2, -0.15) is 0 Å². The number of methoxy groups -OCH3 is 2. The molecule has 27 heavy (non-hydrogen) atoms. The fraction of sp³-hybridized carbons (Fsp3) is 0.318. The van der Waals surface area contributed by atoms with Gasteiger partial charge in [-0.05, 0) is 48.6 Å². The van der Waals surface area contributed by atoms with E-state index in [0.29, 0.717) is 18.0 Å². The molecule has 4 rings (SSSR count). The fourth-order valence-electron chi connectivity index (χ4n) is 3.88. The Labute approximate surface area is 158 Å².